The number of hydrogen-bond acceptors (Lipinski definition) is 3. The largest absolute Gasteiger partial charge is 0.250 e. The molecule has 0 unspecified atom stereocenters. The van der Waals surface area contributed by atoms with Crippen LogP contribution in [0.15, 0.2) is 22.9 Å². The van der Waals surface area contributed by atoms with Crippen molar-refractivity contribution in [3.05, 3.63) is 28.1 Å². The van der Waals surface area contributed by atoms with Gasteiger partial charge in [-0.3, -0.25) is 0 Å². The minimum absolute atomic E-state index is 0.359. The van der Waals surface area contributed by atoms with Crippen LogP contribution >= 0.6 is 27.5 Å². The van der Waals surface area contributed by atoms with Crippen LogP contribution in [0.1, 0.15) is 0 Å². The summed E-state index contributed by atoms with van der Waals surface area (Å²) in [4.78, 5) is 12.1. The average Bonchev–Trinajstić information content (AvgIpc) is 2.05. The molecule has 0 fully saturated rings. The van der Waals surface area contributed by atoms with Gasteiger partial charge in [-0.1, -0.05) is 11.6 Å². The standard InChI is InChI=1S/C7H3BrClN3/c8-4-1-5-7(11-2-4)12-6(9)3-10-5/h1-3H. The number of pyridine rings is 1. The molecule has 2 heterocycles. The highest BCUT2D eigenvalue weighted by Gasteiger charge is 1.98. The zero-order chi connectivity index (χ0) is 8.55. The fourth-order valence-corrected chi connectivity index (χ4v) is 1.30. The molecule has 0 amide bonds. The summed E-state index contributed by atoms with van der Waals surface area (Å²) in [6, 6.07) is 1.84. The van der Waals surface area contributed by atoms with E-state index in [1.807, 2.05) is 6.07 Å². The summed E-state index contributed by atoms with van der Waals surface area (Å²) in [6.07, 6.45) is 3.16. The molecule has 0 saturated carbocycles. The van der Waals surface area contributed by atoms with E-state index in [0.717, 1.165) is 9.99 Å². The van der Waals surface area contributed by atoms with Crippen molar-refractivity contribution in [3.8, 4) is 0 Å². The van der Waals surface area contributed by atoms with E-state index >= 15 is 0 Å². The van der Waals surface area contributed by atoms with Gasteiger partial charge in [0.25, 0.3) is 0 Å². The summed E-state index contributed by atoms with van der Waals surface area (Å²) < 4.78 is 0.881. The quantitative estimate of drug-likeness (QED) is 0.714. The molecule has 0 atom stereocenters. The Hall–Kier alpha value is -0.740. The van der Waals surface area contributed by atoms with Crippen LogP contribution in [0.5, 0.6) is 0 Å². The molecule has 0 aliphatic rings. The first kappa shape index (κ1) is 7.89. The van der Waals surface area contributed by atoms with E-state index in [1.54, 1.807) is 6.20 Å². The summed E-state index contributed by atoms with van der Waals surface area (Å²) in [5, 5.41) is 0.359. The van der Waals surface area contributed by atoms with Gasteiger partial charge in [-0.15, -0.1) is 0 Å². The Kier molecular flexibility index (Phi) is 1.94. The summed E-state index contributed by atoms with van der Waals surface area (Å²) in [5.41, 5.74) is 1.29. The minimum atomic E-state index is 0.359. The second kappa shape index (κ2) is 2.95. The fourth-order valence-electron chi connectivity index (χ4n) is 0.855. The van der Waals surface area contributed by atoms with E-state index in [4.69, 9.17) is 11.6 Å². The van der Waals surface area contributed by atoms with Gasteiger partial charge in [0.05, 0.1) is 6.20 Å². The minimum Gasteiger partial charge on any atom is -0.250 e. The lowest BCUT2D eigenvalue weighted by Crippen LogP contribution is -1.86. The van der Waals surface area contributed by atoms with Gasteiger partial charge < -0.3 is 0 Å². The molecule has 0 saturated heterocycles. The van der Waals surface area contributed by atoms with E-state index in [9.17, 15) is 0 Å². The van der Waals surface area contributed by atoms with Gasteiger partial charge in [0, 0.05) is 10.7 Å². The smallest absolute Gasteiger partial charge is 0.179 e. The second-order valence-electron chi connectivity index (χ2n) is 2.19. The van der Waals surface area contributed by atoms with Crippen molar-refractivity contribution < 1.29 is 0 Å². The third kappa shape index (κ3) is 1.40. The van der Waals surface area contributed by atoms with Crippen LogP contribution in [-0.4, -0.2) is 15.0 Å². The third-order valence-corrected chi connectivity index (χ3v) is 1.95. The van der Waals surface area contributed by atoms with Gasteiger partial charge in [-0.05, 0) is 22.0 Å². The number of halogens is 2. The molecule has 3 nitrogen and oxygen atoms in total. The molecule has 2 aromatic heterocycles. The number of nitrogens with zero attached hydrogens (tertiary/aromatic N) is 3. The fraction of sp³-hybridized carbons (Fsp3) is 0. The zero-order valence-corrected chi connectivity index (χ0v) is 8.17. The lowest BCUT2D eigenvalue weighted by molar-refractivity contribution is 1.22. The molecule has 0 spiro atoms. The van der Waals surface area contributed by atoms with Crippen molar-refractivity contribution in [3.63, 3.8) is 0 Å². The number of hydrogen-bond donors (Lipinski definition) is 0. The molecule has 5 heteroatoms. The summed E-state index contributed by atoms with van der Waals surface area (Å²) in [6.45, 7) is 0. The first-order valence-electron chi connectivity index (χ1n) is 3.19. The third-order valence-electron chi connectivity index (χ3n) is 1.34. The van der Waals surface area contributed by atoms with Gasteiger partial charge >= 0.3 is 0 Å². The zero-order valence-electron chi connectivity index (χ0n) is 5.83. The molecule has 60 valence electrons. The van der Waals surface area contributed by atoms with Gasteiger partial charge in [0.1, 0.15) is 10.7 Å². The molecular formula is C7H3BrClN3. The monoisotopic (exact) mass is 243 g/mol. The van der Waals surface area contributed by atoms with E-state index in [2.05, 4.69) is 30.9 Å². The molecule has 0 bridgehead atoms. The maximum Gasteiger partial charge on any atom is 0.179 e. The van der Waals surface area contributed by atoms with Gasteiger partial charge in [-0.2, -0.15) is 0 Å². The van der Waals surface area contributed by atoms with Crippen LogP contribution in [0.2, 0.25) is 5.15 Å². The van der Waals surface area contributed by atoms with Crippen LogP contribution in [0.25, 0.3) is 11.2 Å². The number of aromatic nitrogens is 3. The van der Waals surface area contributed by atoms with E-state index < -0.39 is 0 Å². The van der Waals surface area contributed by atoms with Crippen LogP contribution in [-0.2, 0) is 0 Å². The molecule has 12 heavy (non-hydrogen) atoms. The molecule has 0 radical (unpaired) electrons. The van der Waals surface area contributed by atoms with Crippen LogP contribution in [0.4, 0.5) is 0 Å². The molecule has 0 N–H and O–H groups in total. The Labute approximate surface area is 81.9 Å². The van der Waals surface area contributed by atoms with Crippen molar-refractivity contribution in [2.45, 2.75) is 0 Å². The summed E-state index contributed by atoms with van der Waals surface area (Å²) >= 11 is 8.92. The Morgan fingerprint density at radius 1 is 1.25 bits per heavy atom. The van der Waals surface area contributed by atoms with Crippen LogP contribution in [0, 0.1) is 0 Å². The van der Waals surface area contributed by atoms with Gasteiger partial charge in [0.2, 0.25) is 0 Å². The highest BCUT2D eigenvalue weighted by atomic mass is 79.9. The maximum atomic E-state index is 5.63. The highest BCUT2D eigenvalue weighted by molar-refractivity contribution is 9.10. The Balaban J connectivity index is 2.79. The first-order valence-corrected chi connectivity index (χ1v) is 4.36. The topological polar surface area (TPSA) is 38.7 Å². The lowest BCUT2D eigenvalue weighted by Gasteiger charge is -1.95. The predicted octanol–water partition coefficient (Wildman–Crippen LogP) is 2.44. The second-order valence-corrected chi connectivity index (χ2v) is 3.49. The molecule has 0 aliphatic heterocycles. The highest BCUT2D eigenvalue weighted by Crippen LogP contribution is 2.14. The van der Waals surface area contributed by atoms with E-state index in [1.165, 1.54) is 6.20 Å². The van der Waals surface area contributed by atoms with Crippen molar-refractivity contribution in [1.82, 2.24) is 15.0 Å². The molecular weight excluding hydrogens is 241 g/mol. The van der Waals surface area contributed by atoms with Crippen molar-refractivity contribution >= 4 is 38.7 Å². The molecule has 2 aromatic rings. The maximum absolute atomic E-state index is 5.63. The summed E-state index contributed by atoms with van der Waals surface area (Å²) in [5.74, 6) is 0. The van der Waals surface area contributed by atoms with E-state index in [-0.39, 0.29) is 0 Å². The number of rotatable bonds is 0. The average molecular weight is 244 g/mol. The molecule has 0 aliphatic carbocycles. The van der Waals surface area contributed by atoms with Crippen molar-refractivity contribution in [2.75, 3.05) is 0 Å². The first-order chi connectivity index (χ1) is 5.75. The van der Waals surface area contributed by atoms with Gasteiger partial charge in [0.15, 0.2) is 5.65 Å². The van der Waals surface area contributed by atoms with Crippen molar-refractivity contribution in [1.29, 1.82) is 0 Å². The van der Waals surface area contributed by atoms with Crippen LogP contribution < -0.4 is 0 Å². The van der Waals surface area contributed by atoms with Crippen LogP contribution in [0.3, 0.4) is 0 Å². The Morgan fingerprint density at radius 3 is 2.92 bits per heavy atom. The van der Waals surface area contributed by atoms with Crippen molar-refractivity contribution in [2.24, 2.45) is 0 Å². The molecule has 0 aromatic carbocycles. The lowest BCUT2D eigenvalue weighted by atomic mass is 10.4. The summed E-state index contributed by atoms with van der Waals surface area (Å²) in [7, 11) is 0. The normalized spacial score (nSPS) is 10.5. The van der Waals surface area contributed by atoms with E-state index in [0.29, 0.717) is 10.8 Å². The SMILES string of the molecule is Clc1cnc2cc(Br)cnc2n1. The predicted molar refractivity (Wildman–Crippen MR) is 50.0 cm³/mol. The number of fused-ring (bicyclic) bond motifs is 1. The molecule has 2 rings (SSSR count). The van der Waals surface area contributed by atoms with Gasteiger partial charge in [-0.25, -0.2) is 15.0 Å². The Bertz CT molecular complexity index is 391. The Morgan fingerprint density at radius 2 is 2.08 bits per heavy atom.